The molecule has 0 unspecified atom stereocenters. The summed E-state index contributed by atoms with van der Waals surface area (Å²) in [6.45, 7) is 7.98. The zero-order valence-corrected chi connectivity index (χ0v) is 11.9. The number of amides is 1. The maximum Gasteiger partial charge on any atom is 0.222 e. The molecule has 1 amide bonds. The van der Waals surface area contributed by atoms with E-state index in [0.29, 0.717) is 6.42 Å². The fourth-order valence-corrected chi connectivity index (χ4v) is 1.49. The van der Waals surface area contributed by atoms with Gasteiger partial charge in [0, 0.05) is 18.9 Å². The summed E-state index contributed by atoms with van der Waals surface area (Å²) >= 11 is 0. The van der Waals surface area contributed by atoms with Gasteiger partial charge in [-0.2, -0.15) is 0 Å². The van der Waals surface area contributed by atoms with E-state index in [1.54, 1.807) is 6.92 Å². The number of carbonyl (C=O) groups is 2. The number of Topliss-reactive ketones (excluding diaryl/α,β-unsaturated/α-hetero) is 1. The Labute approximate surface area is 105 Å². The molecule has 1 N–H and O–H groups in total. The number of hydrogen-bond acceptors (Lipinski definition) is 2. The zero-order valence-electron chi connectivity index (χ0n) is 11.9. The molecule has 0 atom stereocenters. The van der Waals surface area contributed by atoms with E-state index in [1.807, 2.05) is 13.8 Å². The van der Waals surface area contributed by atoms with Crippen LogP contribution in [0.15, 0.2) is 0 Å². The molecule has 0 bridgehead atoms. The van der Waals surface area contributed by atoms with Gasteiger partial charge in [-0.05, 0) is 6.92 Å². The Morgan fingerprint density at radius 2 is 1.76 bits per heavy atom. The molecule has 0 aliphatic rings. The first-order valence-corrected chi connectivity index (χ1v) is 6.34. The molecular weight excluding hydrogens is 216 g/mol. The van der Waals surface area contributed by atoms with Crippen LogP contribution in [-0.4, -0.2) is 49.9 Å². The summed E-state index contributed by atoms with van der Waals surface area (Å²) < 4.78 is 0.830. The van der Waals surface area contributed by atoms with Crippen molar-refractivity contribution in [3.8, 4) is 0 Å². The fourth-order valence-electron chi connectivity index (χ4n) is 1.49. The normalized spacial score (nSPS) is 11.6. The van der Waals surface area contributed by atoms with Gasteiger partial charge in [0.1, 0.15) is 5.78 Å². The van der Waals surface area contributed by atoms with E-state index in [1.165, 1.54) is 0 Å². The molecule has 0 fully saturated rings. The lowest BCUT2D eigenvalue weighted by atomic mass is 10.2. The van der Waals surface area contributed by atoms with E-state index in [4.69, 9.17) is 0 Å². The van der Waals surface area contributed by atoms with Gasteiger partial charge in [0.05, 0.1) is 33.6 Å². The van der Waals surface area contributed by atoms with Crippen molar-refractivity contribution in [1.82, 2.24) is 5.32 Å². The lowest BCUT2D eigenvalue weighted by Crippen LogP contribution is -2.43. The van der Waals surface area contributed by atoms with Gasteiger partial charge in [0.2, 0.25) is 5.91 Å². The van der Waals surface area contributed by atoms with E-state index >= 15 is 0 Å². The highest BCUT2D eigenvalue weighted by molar-refractivity contribution is 5.77. The smallest absolute Gasteiger partial charge is 0.222 e. The maximum absolute atomic E-state index is 11.3. The van der Waals surface area contributed by atoms with E-state index in [9.17, 15) is 9.59 Å². The highest BCUT2D eigenvalue weighted by Gasteiger charge is 2.15. The number of nitrogens with one attached hydrogen (secondary N) is 1. The summed E-state index contributed by atoms with van der Waals surface area (Å²) in [7, 11) is 4.24. The summed E-state index contributed by atoms with van der Waals surface area (Å²) in [6, 6.07) is 0. The summed E-state index contributed by atoms with van der Waals surface area (Å²) in [4.78, 5) is 22.2. The Morgan fingerprint density at radius 1 is 1.18 bits per heavy atom. The Balaban J connectivity index is 3.72. The van der Waals surface area contributed by atoms with Gasteiger partial charge >= 0.3 is 0 Å². The van der Waals surface area contributed by atoms with Crippen LogP contribution >= 0.6 is 0 Å². The van der Waals surface area contributed by atoms with E-state index in [2.05, 4.69) is 19.4 Å². The molecule has 0 aromatic heterocycles. The zero-order chi connectivity index (χ0) is 13.5. The third-order valence-electron chi connectivity index (χ3n) is 2.83. The minimum atomic E-state index is 0.0511. The Bertz CT molecular complexity index is 260. The fraction of sp³-hybridized carbons (Fsp3) is 0.846. The van der Waals surface area contributed by atoms with Gasteiger partial charge < -0.3 is 9.80 Å². The molecule has 0 aromatic rings. The largest absolute Gasteiger partial charge is 0.356 e. The van der Waals surface area contributed by atoms with Crippen LogP contribution in [0.2, 0.25) is 0 Å². The summed E-state index contributed by atoms with van der Waals surface area (Å²) in [5.41, 5.74) is 0. The molecule has 0 aliphatic heterocycles. The lowest BCUT2D eigenvalue weighted by molar-refractivity contribution is -0.889. The molecule has 100 valence electrons. The quantitative estimate of drug-likeness (QED) is 0.514. The van der Waals surface area contributed by atoms with E-state index < -0.39 is 0 Å². The van der Waals surface area contributed by atoms with Crippen molar-refractivity contribution in [3.63, 3.8) is 0 Å². The van der Waals surface area contributed by atoms with Crippen molar-refractivity contribution < 1.29 is 14.1 Å². The van der Waals surface area contributed by atoms with Crippen LogP contribution < -0.4 is 5.32 Å². The average Bonchev–Trinajstić information content (AvgIpc) is 2.21. The molecule has 0 radical (unpaired) electrons. The van der Waals surface area contributed by atoms with Crippen LogP contribution in [0, 0.1) is 5.92 Å². The first-order chi connectivity index (χ1) is 7.74. The second-order valence-electron chi connectivity index (χ2n) is 5.63. The predicted octanol–water partition coefficient (Wildman–Crippen LogP) is 1.20. The van der Waals surface area contributed by atoms with Gasteiger partial charge in [-0.15, -0.1) is 0 Å². The molecule has 0 spiro atoms. The predicted molar refractivity (Wildman–Crippen MR) is 69.6 cm³/mol. The first kappa shape index (κ1) is 16.1. The Hall–Kier alpha value is -0.900. The van der Waals surface area contributed by atoms with E-state index in [0.717, 1.165) is 30.5 Å². The third-order valence-corrected chi connectivity index (χ3v) is 2.83. The van der Waals surface area contributed by atoms with Crippen LogP contribution in [0.25, 0.3) is 0 Å². The summed E-state index contributed by atoms with van der Waals surface area (Å²) in [6.07, 6.45) is 1.58. The van der Waals surface area contributed by atoms with Crippen LogP contribution in [0.5, 0.6) is 0 Å². The van der Waals surface area contributed by atoms with Crippen molar-refractivity contribution in [2.24, 2.45) is 5.92 Å². The van der Waals surface area contributed by atoms with Crippen molar-refractivity contribution in [2.75, 3.05) is 33.7 Å². The molecule has 0 saturated carbocycles. The second kappa shape index (κ2) is 7.43. The number of ketones is 1. The Kier molecular flexibility index (Phi) is 7.04. The molecule has 0 aliphatic carbocycles. The minimum Gasteiger partial charge on any atom is -0.356 e. The lowest BCUT2D eigenvalue weighted by Gasteiger charge is -2.29. The maximum atomic E-state index is 11.3. The summed E-state index contributed by atoms with van der Waals surface area (Å²) in [5, 5.41) is 2.90. The van der Waals surface area contributed by atoms with Crippen molar-refractivity contribution in [3.05, 3.63) is 0 Å². The summed E-state index contributed by atoms with van der Waals surface area (Å²) in [5.74, 6) is 0.401. The number of quaternary nitrogens is 1. The van der Waals surface area contributed by atoms with Gasteiger partial charge in [-0.1, -0.05) is 13.8 Å². The van der Waals surface area contributed by atoms with Crippen LogP contribution in [0.4, 0.5) is 0 Å². The topological polar surface area (TPSA) is 46.2 Å². The van der Waals surface area contributed by atoms with E-state index in [-0.39, 0.29) is 17.6 Å². The average molecular weight is 243 g/mol. The molecule has 4 nitrogen and oxygen atoms in total. The number of hydrogen-bond donors (Lipinski definition) is 1. The van der Waals surface area contributed by atoms with Crippen molar-refractivity contribution in [2.45, 2.75) is 33.6 Å². The van der Waals surface area contributed by atoms with Gasteiger partial charge in [-0.25, -0.2) is 0 Å². The highest BCUT2D eigenvalue weighted by atomic mass is 16.1. The number of rotatable bonds is 8. The molecule has 4 heteroatoms. The van der Waals surface area contributed by atoms with Gasteiger partial charge in [-0.3, -0.25) is 9.59 Å². The molecule has 0 rings (SSSR count). The van der Waals surface area contributed by atoms with Gasteiger partial charge in [0.15, 0.2) is 0 Å². The first-order valence-electron chi connectivity index (χ1n) is 6.34. The third kappa shape index (κ3) is 8.86. The molecular formula is C13H27N2O2+. The van der Waals surface area contributed by atoms with Gasteiger partial charge in [0.25, 0.3) is 0 Å². The number of nitrogens with zero attached hydrogens (tertiary/aromatic N) is 1. The number of carbonyl (C=O) groups excluding carboxylic acids is 2. The standard InChI is InChI=1S/C13H26N2O2/c1-11(2)13(17)14-8-6-9-15(4,5)10-7-12(3)16/h11H,6-10H2,1-5H3/p+1. The Morgan fingerprint density at radius 3 is 2.24 bits per heavy atom. The monoisotopic (exact) mass is 243 g/mol. The highest BCUT2D eigenvalue weighted by Crippen LogP contribution is 2.01. The second-order valence-corrected chi connectivity index (χ2v) is 5.63. The SMILES string of the molecule is CC(=O)CC[N+](C)(C)CCCNC(=O)C(C)C. The molecule has 0 aromatic carbocycles. The van der Waals surface area contributed by atoms with Crippen molar-refractivity contribution in [1.29, 1.82) is 0 Å². The van der Waals surface area contributed by atoms with Crippen LogP contribution in [-0.2, 0) is 9.59 Å². The van der Waals surface area contributed by atoms with Crippen LogP contribution in [0.1, 0.15) is 33.6 Å². The minimum absolute atomic E-state index is 0.0511. The van der Waals surface area contributed by atoms with Crippen molar-refractivity contribution >= 4 is 11.7 Å². The molecule has 17 heavy (non-hydrogen) atoms. The molecule has 0 saturated heterocycles. The van der Waals surface area contributed by atoms with Crippen LogP contribution in [0.3, 0.4) is 0 Å². The molecule has 0 heterocycles.